The molecular weight excluding hydrogens is 405 g/mol. The standard InChI is InChI=1S/C24H23F3N2O2/c1-14(30)29-19-7-5-4-6-17(19)28-18-12-23(2,3)13-20(31)21(18)22(29)15-8-10-16(11-9-15)24(25,26)27/h4-11,22,28H,12-13H2,1-3H3/t22-/m0/s1. The fourth-order valence-electron chi connectivity index (χ4n) is 4.51. The first-order valence-electron chi connectivity index (χ1n) is 10.1. The fourth-order valence-corrected chi connectivity index (χ4v) is 4.51. The van der Waals surface area contributed by atoms with Crippen molar-refractivity contribution < 1.29 is 22.8 Å². The van der Waals surface area contributed by atoms with E-state index < -0.39 is 17.8 Å². The predicted octanol–water partition coefficient (Wildman–Crippen LogP) is 5.87. The highest BCUT2D eigenvalue weighted by Gasteiger charge is 2.42. The summed E-state index contributed by atoms with van der Waals surface area (Å²) in [6, 6.07) is 11.1. The van der Waals surface area contributed by atoms with Gasteiger partial charge in [0.25, 0.3) is 0 Å². The van der Waals surface area contributed by atoms with Crippen molar-refractivity contribution in [2.75, 3.05) is 10.2 Å². The quantitative estimate of drug-likeness (QED) is 0.618. The van der Waals surface area contributed by atoms with Crippen molar-refractivity contribution in [2.45, 2.75) is 45.8 Å². The number of allylic oxidation sites excluding steroid dienone is 1. The van der Waals surface area contributed by atoms with Gasteiger partial charge in [-0.2, -0.15) is 13.2 Å². The van der Waals surface area contributed by atoms with Gasteiger partial charge >= 0.3 is 6.18 Å². The second-order valence-corrected chi connectivity index (χ2v) is 8.89. The number of carbonyl (C=O) groups excluding carboxylic acids is 2. The van der Waals surface area contributed by atoms with Crippen LogP contribution in [-0.2, 0) is 15.8 Å². The third kappa shape index (κ3) is 3.84. The molecule has 2 aromatic rings. The normalized spacial score (nSPS) is 20.5. The Morgan fingerprint density at radius 2 is 1.71 bits per heavy atom. The van der Waals surface area contributed by atoms with E-state index >= 15 is 0 Å². The summed E-state index contributed by atoms with van der Waals surface area (Å²) in [6.45, 7) is 5.41. The second kappa shape index (κ2) is 7.25. The van der Waals surface area contributed by atoms with E-state index in [-0.39, 0.29) is 17.1 Å². The lowest BCUT2D eigenvalue weighted by Crippen LogP contribution is -2.38. The maximum absolute atomic E-state index is 13.3. The molecule has 0 spiro atoms. The number of anilines is 2. The van der Waals surface area contributed by atoms with E-state index in [1.165, 1.54) is 24.0 Å². The van der Waals surface area contributed by atoms with Gasteiger partial charge in [0.1, 0.15) is 0 Å². The molecule has 1 amide bonds. The molecule has 7 heteroatoms. The summed E-state index contributed by atoms with van der Waals surface area (Å²) in [5, 5.41) is 3.35. The molecule has 4 nitrogen and oxygen atoms in total. The van der Waals surface area contributed by atoms with Gasteiger partial charge < -0.3 is 5.32 Å². The molecular formula is C24H23F3N2O2. The van der Waals surface area contributed by atoms with Crippen LogP contribution >= 0.6 is 0 Å². The summed E-state index contributed by atoms with van der Waals surface area (Å²) >= 11 is 0. The first kappa shape index (κ1) is 21.2. The van der Waals surface area contributed by atoms with Crippen molar-refractivity contribution in [1.82, 2.24) is 0 Å². The average molecular weight is 428 g/mol. The number of halogens is 3. The minimum atomic E-state index is -4.47. The second-order valence-electron chi connectivity index (χ2n) is 8.89. The summed E-state index contributed by atoms with van der Waals surface area (Å²) in [4.78, 5) is 27.6. The van der Waals surface area contributed by atoms with Crippen LogP contribution in [0.15, 0.2) is 59.8 Å². The van der Waals surface area contributed by atoms with E-state index in [1.54, 1.807) is 12.1 Å². The molecule has 4 rings (SSSR count). The van der Waals surface area contributed by atoms with Crippen molar-refractivity contribution in [3.05, 3.63) is 70.9 Å². The molecule has 1 aliphatic heterocycles. The zero-order valence-corrected chi connectivity index (χ0v) is 17.5. The van der Waals surface area contributed by atoms with E-state index in [9.17, 15) is 22.8 Å². The van der Waals surface area contributed by atoms with Gasteiger partial charge in [0.15, 0.2) is 5.78 Å². The van der Waals surface area contributed by atoms with Gasteiger partial charge in [0.05, 0.1) is 23.0 Å². The van der Waals surface area contributed by atoms with E-state index in [4.69, 9.17) is 0 Å². The molecule has 1 heterocycles. The maximum Gasteiger partial charge on any atom is 0.416 e. The van der Waals surface area contributed by atoms with Crippen LogP contribution in [0.5, 0.6) is 0 Å². The lowest BCUT2D eigenvalue weighted by atomic mass is 9.73. The summed E-state index contributed by atoms with van der Waals surface area (Å²) in [6.07, 6.45) is -3.58. The highest BCUT2D eigenvalue weighted by Crippen LogP contribution is 2.48. The zero-order valence-electron chi connectivity index (χ0n) is 17.5. The summed E-state index contributed by atoms with van der Waals surface area (Å²) in [5.41, 5.74) is 1.83. The van der Waals surface area contributed by atoms with Crippen molar-refractivity contribution >= 4 is 23.1 Å². The number of amides is 1. The maximum atomic E-state index is 13.3. The Hall–Kier alpha value is -3.09. The van der Waals surface area contributed by atoms with Gasteiger partial charge in [-0.25, -0.2) is 0 Å². The molecule has 0 bridgehead atoms. The largest absolute Gasteiger partial charge is 0.416 e. The van der Waals surface area contributed by atoms with Crippen LogP contribution in [0.2, 0.25) is 0 Å². The van der Waals surface area contributed by atoms with E-state index in [2.05, 4.69) is 5.32 Å². The van der Waals surface area contributed by atoms with Crippen LogP contribution in [0.25, 0.3) is 0 Å². The molecule has 2 aromatic carbocycles. The zero-order chi connectivity index (χ0) is 22.6. The smallest absolute Gasteiger partial charge is 0.357 e. The molecule has 0 saturated heterocycles. The molecule has 0 radical (unpaired) electrons. The number of benzene rings is 2. The van der Waals surface area contributed by atoms with Crippen LogP contribution in [-0.4, -0.2) is 11.7 Å². The number of nitrogens with one attached hydrogen (secondary N) is 1. The van der Waals surface area contributed by atoms with Gasteiger partial charge in [-0.15, -0.1) is 0 Å². The average Bonchev–Trinajstić information content (AvgIpc) is 2.80. The van der Waals surface area contributed by atoms with Crippen molar-refractivity contribution in [1.29, 1.82) is 0 Å². The first-order valence-corrected chi connectivity index (χ1v) is 10.1. The van der Waals surface area contributed by atoms with Crippen LogP contribution in [0.3, 0.4) is 0 Å². The Kier molecular flexibility index (Phi) is 4.95. The lowest BCUT2D eigenvalue weighted by molar-refractivity contribution is -0.137. The van der Waals surface area contributed by atoms with Crippen LogP contribution < -0.4 is 10.2 Å². The van der Waals surface area contributed by atoms with Gasteiger partial charge in [-0.1, -0.05) is 38.1 Å². The number of rotatable bonds is 1. The number of alkyl halides is 3. The Morgan fingerprint density at radius 3 is 2.32 bits per heavy atom. The van der Waals surface area contributed by atoms with Gasteiger partial charge in [0, 0.05) is 24.6 Å². The molecule has 162 valence electrons. The van der Waals surface area contributed by atoms with Crippen LogP contribution in [0.1, 0.15) is 50.8 Å². The Bertz CT molecular complexity index is 1080. The Morgan fingerprint density at radius 1 is 1.06 bits per heavy atom. The highest BCUT2D eigenvalue weighted by molar-refractivity contribution is 6.05. The van der Waals surface area contributed by atoms with Gasteiger partial charge in [-0.05, 0) is 41.7 Å². The van der Waals surface area contributed by atoms with Crippen molar-refractivity contribution in [3.8, 4) is 0 Å². The third-order valence-electron chi connectivity index (χ3n) is 5.79. The first-order chi connectivity index (χ1) is 14.5. The molecule has 31 heavy (non-hydrogen) atoms. The number of Topliss-reactive ketones (excluding diaryl/α,β-unsaturated/α-hetero) is 1. The van der Waals surface area contributed by atoms with E-state index in [0.717, 1.165) is 12.1 Å². The summed E-state index contributed by atoms with van der Waals surface area (Å²) in [7, 11) is 0. The number of nitrogens with zero attached hydrogens (tertiary/aromatic N) is 1. The number of carbonyl (C=O) groups is 2. The van der Waals surface area contributed by atoms with Crippen LogP contribution in [0.4, 0.5) is 24.5 Å². The number of ketones is 1. The highest BCUT2D eigenvalue weighted by atomic mass is 19.4. The minimum Gasteiger partial charge on any atom is -0.357 e. The van der Waals surface area contributed by atoms with E-state index in [0.29, 0.717) is 41.1 Å². The van der Waals surface area contributed by atoms with Crippen LogP contribution in [0, 0.1) is 5.41 Å². The SMILES string of the molecule is CC(=O)N1c2ccccc2NC2=C(C(=O)CC(C)(C)C2)[C@@H]1c1ccc(C(F)(F)F)cc1. The third-order valence-corrected chi connectivity index (χ3v) is 5.79. The summed E-state index contributed by atoms with van der Waals surface area (Å²) in [5.74, 6) is -0.409. The number of hydrogen-bond donors (Lipinski definition) is 1. The molecule has 0 aromatic heterocycles. The van der Waals surface area contributed by atoms with Gasteiger partial charge in [-0.3, -0.25) is 14.5 Å². The molecule has 0 fully saturated rings. The van der Waals surface area contributed by atoms with E-state index in [1.807, 2.05) is 26.0 Å². The predicted molar refractivity (Wildman–Crippen MR) is 112 cm³/mol. The summed E-state index contributed by atoms with van der Waals surface area (Å²) < 4.78 is 39.3. The lowest BCUT2D eigenvalue weighted by Gasteiger charge is -2.36. The van der Waals surface area contributed by atoms with Crippen molar-refractivity contribution in [2.24, 2.45) is 5.41 Å². The fraction of sp³-hybridized carbons (Fsp3) is 0.333. The molecule has 0 unspecified atom stereocenters. The number of para-hydroxylation sites is 2. The molecule has 1 atom stereocenters. The molecule has 0 saturated carbocycles. The Labute approximate surface area is 178 Å². The van der Waals surface area contributed by atoms with Gasteiger partial charge in [0.2, 0.25) is 5.91 Å². The topological polar surface area (TPSA) is 49.4 Å². The Balaban J connectivity index is 1.96. The molecule has 1 aliphatic carbocycles. The number of hydrogen-bond acceptors (Lipinski definition) is 3. The minimum absolute atomic E-state index is 0.109. The molecule has 2 aliphatic rings. The monoisotopic (exact) mass is 428 g/mol. The number of fused-ring (bicyclic) bond motifs is 1. The van der Waals surface area contributed by atoms with Crippen molar-refractivity contribution in [3.63, 3.8) is 0 Å². The molecule has 1 N–H and O–H groups in total.